The van der Waals surface area contributed by atoms with Crippen LogP contribution >= 0.6 is 11.6 Å². The Hall–Kier alpha value is -2.32. The Morgan fingerprint density at radius 1 is 0.900 bits per heavy atom. The zero-order chi connectivity index (χ0) is 13.9. The van der Waals surface area contributed by atoms with Crippen molar-refractivity contribution in [3.63, 3.8) is 0 Å². The van der Waals surface area contributed by atoms with Gasteiger partial charge in [-0.05, 0) is 23.3 Å². The first kappa shape index (κ1) is 12.7. The van der Waals surface area contributed by atoms with Crippen molar-refractivity contribution in [2.24, 2.45) is 0 Å². The lowest BCUT2D eigenvalue weighted by molar-refractivity contribution is 0.561. The lowest BCUT2D eigenvalue weighted by atomic mass is 10.1. The van der Waals surface area contributed by atoms with Gasteiger partial charge in [-0.15, -0.1) is 0 Å². The molecule has 20 heavy (non-hydrogen) atoms. The van der Waals surface area contributed by atoms with Crippen molar-refractivity contribution in [3.05, 3.63) is 81.2 Å². The summed E-state index contributed by atoms with van der Waals surface area (Å²) in [6, 6.07) is 16.9. The van der Waals surface area contributed by atoms with E-state index in [1.165, 1.54) is 6.07 Å². The molecule has 3 rings (SSSR count). The summed E-state index contributed by atoms with van der Waals surface area (Å²) in [7, 11) is 0. The summed E-state index contributed by atoms with van der Waals surface area (Å²) >= 11 is 6.07. The predicted molar refractivity (Wildman–Crippen MR) is 82.9 cm³/mol. The summed E-state index contributed by atoms with van der Waals surface area (Å²) in [5.74, 6) is 0. The Morgan fingerprint density at radius 2 is 1.65 bits per heavy atom. The van der Waals surface area contributed by atoms with Gasteiger partial charge in [-0.25, -0.2) is 4.79 Å². The molecule has 0 spiro atoms. The third-order valence-corrected chi connectivity index (χ3v) is 3.30. The molecular weight excluding hydrogens is 272 g/mol. The Balaban J connectivity index is 2.01. The molecule has 2 nitrogen and oxygen atoms in total. The maximum atomic E-state index is 11.2. The van der Waals surface area contributed by atoms with Gasteiger partial charge in [0.05, 0.1) is 5.02 Å². The fourth-order valence-electron chi connectivity index (χ4n) is 2.00. The highest BCUT2D eigenvalue weighted by molar-refractivity contribution is 6.35. The maximum Gasteiger partial charge on any atom is 0.337 e. The highest BCUT2D eigenvalue weighted by Gasteiger charge is 2.03. The van der Waals surface area contributed by atoms with Gasteiger partial charge in [0.25, 0.3) is 0 Å². The zero-order valence-corrected chi connectivity index (χ0v) is 11.3. The van der Waals surface area contributed by atoms with Crippen LogP contribution in [0.2, 0.25) is 5.02 Å². The Kier molecular flexibility index (Phi) is 3.40. The first-order chi connectivity index (χ1) is 9.72. The number of halogens is 1. The van der Waals surface area contributed by atoms with Crippen LogP contribution in [0.3, 0.4) is 0 Å². The highest BCUT2D eigenvalue weighted by atomic mass is 35.5. The second kappa shape index (κ2) is 5.35. The van der Waals surface area contributed by atoms with Crippen LogP contribution in [0, 0.1) is 0 Å². The molecule has 0 amide bonds. The van der Waals surface area contributed by atoms with Crippen molar-refractivity contribution in [2.45, 2.75) is 0 Å². The van der Waals surface area contributed by atoms with Crippen molar-refractivity contribution in [1.29, 1.82) is 0 Å². The molecule has 98 valence electrons. The third-order valence-electron chi connectivity index (χ3n) is 2.98. The zero-order valence-electron chi connectivity index (χ0n) is 10.5. The average molecular weight is 283 g/mol. The summed E-state index contributed by atoms with van der Waals surface area (Å²) in [5, 5.41) is 1.15. The smallest absolute Gasteiger partial charge is 0.337 e. The maximum absolute atomic E-state index is 11.2. The van der Waals surface area contributed by atoms with E-state index in [2.05, 4.69) is 0 Å². The van der Waals surface area contributed by atoms with Crippen LogP contribution in [0.4, 0.5) is 0 Å². The van der Waals surface area contributed by atoms with E-state index >= 15 is 0 Å². The molecule has 0 radical (unpaired) electrons. The molecule has 0 unspecified atom stereocenters. The minimum Gasteiger partial charge on any atom is -0.423 e. The van der Waals surface area contributed by atoms with E-state index in [1.807, 2.05) is 54.6 Å². The van der Waals surface area contributed by atoms with E-state index in [4.69, 9.17) is 16.0 Å². The van der Waals surface area contributed by atoms with Gasteiger partial charge in [0.1, 0.15) is 5.58 Å². The monoisotopic (exact) mass is 282 g/mol. The molecule has 0 fully saturated rings. The van der Waals surface area contributed by atoms with Gasteiger partial charge >= 0.3 is 5.63 Å². The SMILES string of the molecule is O=c1cc(Cl)c2cc(/C=C\c3ccccc3)ccc2o1. The second-order valence-electron chi connectivity index (χ2n) is 4.41. The molecule has 0 aliphatic heterocycles. The standard InChI is InChI=1S/C17H11ClO2/c18-15-11-17(19)20-16-9-8-13(10-14(15)16)7-6-12-4-2-1-3-5-12/h1-11H/b7-6-. The van der Waals surface area contributed by atoms with Gasteiger partial charge < -0.3 is 4.42 Å². The lowest BCUT2D eigenvalue weighted by Gasteiger charge is -2.00. The van der Waals surface area contributed by atoms with Crippen LogP contribution in [-0.2, 0) is 0 Å². The largest absolute Gasteiger partial charge is 0.423 e. The summed E-state index contributed by atoms with van der Waals surface area (Å²) in [4.78, 5) is 11.2. The molecule has 0 N–H and O–H groups in total. The Morgan fingerprint density at radius 3 is 2.45 bits per heavy atom. The van der Waals surface area contributed by atoms with Crippen molar-refractivity contribution in [1.82, 2.24) is 0 Å². The van der Waals surface area contributed by atoms with Crippen molar-refractivity contribution in [3.8, 4) is 0 Å². The highest BCUT2D eigenvalue weighted by Crippen LogP contribution is 2.23. The number of benzene rings is 2. The molecule has 1 aromatic heterocycles. The molecule has 3 aromatic rings. The predicted octanol–water partition coefficient (Wildman–Crippen LogP) is 4.62. The fourth-order valence-corrected chi connectivity index (χ4v) is 2.24. The van der Waals surface area contributed by atoms with E-state index in [9.17, 15) is 4.79 Å². The molecule has 2 aromatic carbocycles. The summed E-state index contributed by atoms with van der Waals surface area (Å²) in [6.07, 6.45) is 4.02. The van der Waals surface area contributed by atoms with E-state index in [0.717, 1.165) is 16.5 Å². The van der Waals surface area contributed by atoms with Gasteiger partial charge in [0.2, 0.25) is 0 Å². The third kappa shape index (κ3) is 2.65. The summed E-state index contributed by atoms with van der Waals surface area (Å²) in [6.45, 7) is 0. The molecule has 0 saturated heterocycles. The topological polar surface area (TPSA) is 30.2 Å². The van der Waals surface area contributed by atoms with E-state index in [1.54, 1.807) is 6.07 Å². The van der Waals surface area contributed by atoms with Gasteiger partial charge in [-0.3, -0.25) is 0 Å². The first-order valence-corrected chi connectivity index (χ1v) is 6.57. The van der Waals surface area contributed by atoms with E-state index in [0.29, 0.717) is 10.6 Å². The normalized spacial score (nSPS) is 11.2. The van der Waals surface area contributed by atoms with Gasteiger partial charge in [0.15, 0.2) is 0 Å². The van der Waals surface area contributed by atoms with Crippen LogP contribution < -0.4 is 5.63 Å². The first-order valence-electron chi connectivity index (χ1n) is 6.19. The van der Waals surface area contributed by atoms with E-state index < -0.39 is 5.63 Å². The van der Waals surface area contributed by atoms with Gasteiger partial charge in [-0.1, -0.05) is 60.2 Å². The van der Waals surface area contributed by atoms with Gasteiger partial charge in [-0.2, -0.15) is 0 Å². The van der Waals surface area contributed by atoms with Crippen LogP contribution in [0.15, 0.2) is 63.8 Å². The summed E-state index contributed by atoms with van der Waals surface area (Å²) < 4.78 is 5.10. The summed E-state index contributed by atoms with van der Waals surface area (Å²) in [5.41, 5.74) is 2.19. The van der Waals surface area contributed by atoms with Crippen molar-refractivity contribution < 1.29 is 4.42 Å². The fraction of sp³-hybridized carbons (Fsp3) is 0. The molecule has 0 bridgehead atoms. The van der Waals surface area contributed by atoms with E-state index in [-0.39, 0.29) is 0 Å². The Bertz CT molecular complexity index is 832. The Labute approximate surface area is 120 Å². The molecule has 3 heteroatoms. The van der Waals surface area contributed by atoms with Crippen LogP contribution in [0.25, 0.3) is 23.1 Å². The number of rotatable bonds is 2. The lowest BCUT2D eigenvalue weighted by Crippen LogP contribution is -1.95. The molecule has 1 heterocycles. The number of hydrogen-bond donors (Lipinski definition) is 0. The average Bonchev–Trinajstić information content (AvgIpc) is 2.46. The molecule has 0 saturated carbocycles. The number of fused-ring (bicyclic) bond motifs is 1. The second-order valence-corrected chi connectivity index (χ2v) is 4.82. The molecular formula is C17H11ClO2. The minimum atomic E-state index is -0.435. The molecule has 0 atom stereocenters. The number of hydrogen-bond acceptors (Lipinski definition) is 2. The van der Waals surface area contributed by atoms with Gasteiger partial charge in [0, 0.05) is 11.5 Å². The van der Waals surface area contributed by atoms with Crippen molar-refractivity contribution >= 4 is 34.7 Å². The van der Waals surface area contributed by atoms with Crippen LogP contribution in [0.1, 0.15) is 11.1 Å². The van der Waals surface area contributed by atoms with Crippen LogP contribution in [-0.4, -0.2) is 0 Å². The molecule has 0 aliphatic rings. The quantitative estimate of drug-likeness (QED) is 0.507. The molecule has 0 aliphatic carbocycles. The van der Waals surface area contributed by atoms with Crippen LogP contribution in [0.5, 0.6) is 0 Å². The minimum absolute atomic E-state index is 0.409. The van der Waals surface area contributed by atoms with Crippen molar-refractivity contribution in [2.75, 3.05) is 0 Å².